The van der Waals surface area contributed by atoms with Crippen molar-refractivity contribution in [2.75, 3.05) is 6.61 Å². The molecule has 7 heteroatoms. The monoisotopic (exact) mass is 318 g/mol. The lowest BCUT2D eigenvalue weighted by molar-refractivity contribution is 0.309. The molecule has 0 atom stereocenters. The minimum Gasteiger partial charge on any atom is -0.493 e. The first-order valence-corrected chi connectivity index (χ1v) is 7.49. The molecule has 0 aliphatic heterocycles. The number of aryl methyl sites for hydroxylation is 1. The smallest absolute Gasteiger partial charge is 0.296 e. The first kappa shape index (κ1) is 16.1. The Labute approximate surface area is 133 Å². The van der Waals surface area contributed by atoms with Gasteiger partial charge in [0, 0.05) is 5.56 Å². The fourth-order valence-electron chi connectivity index (χ4n) is 1.74. The van der Waals surface area contributed by atoms with Crippen LogP contribution in [0.1, 0.15) is 31.0 Å². The van der Waals surface area contributed by atoms with E-state index >= 15 is 0 Å². The van der Waals surface area contributed by atoms with Gasteiger partial charge < -0.3 is 4.74 Å². The van der Waals surface area contributed by atoms with Crippen LogP contribution in [0.15, 0.2) is 34.2 Å². The van der Waals surface area contributed by atoms with Gasteiger partial charge in [0.1, 0.15) is 11.4 Å². The molecule has 0 amide bonds. The number of para-hydroxylation sites is 1. The van der Waals surface area contributed by atoms with Crippen LogP contribution < -0.4 is 10.3 Å². The van der Waals surface area contributed by atoms with E-state index in [9.17, 15) is 4.79 Å². The van der Waals surface area contributed by atoms with Gasteiger partial charge >= 0.3 is 0 Å². The number of ether oxygens (including phenoxy) is 1. The molecule has 0 unspecified atom stereocenters. The molecule has 0 spiro atoms. The summed E-state index contributed by atoms with van der Waals surface area (Å²) in [7, 11) is 0. The Kier molecular flexibility index (Phi) is 5.60. The van der Waals surface area contributed by atoms with Gasteiger partial charge in [0.2, 0.25) is 4.77 Å². The van der Waals surface area contributed by atoms with E-state index in [1.807, 2.05) is 24.3 Å². The number of aromatic nitrogens is 3. The standard InChI is InChI=1S/C15H18N4O2S/c1-3-4-9-21-13-8-6-5-7-12(13)10-16-19-14(20)11(2)17-18-15(19)22/h5-8,10H,3-4,9H2,1-2H3,(H,18,22)/b16-10+. The lowest BCUT2D eigenvalue weighted by atomic mass is 10.2. The minimum atomic E-state index is -0.343. The maximum Gasteiger partial charge on any atom is 0.296 e. The molecule has 0 bridgehead atoms. The number of H-pyrrole nitrogens is 1. The van der Waals surface area contributed by atoms with Crippen LogP contribution in [0.4, 0.5) is 0 Å². The molecular weight excluding hydrogens is 300 g/mol. The zero-order valence-corrected chi connectivity index (χ0v) is 13.4. The van der Waals surface area contributed by atoms with E-state index in [1.54, 1.807) is 13.1 Å². The molecule has 0 aliphatic carbocycles. The van der Waals surface area contributed by atoms with Gasteiger partial charge in [0.15, 0.2) is 0 Å². The van der Waals surface area contributed by atoms with Crippen molar-refractivity contribution in [3.63, 3.8) is 0 Å². The molecule has 1 aromatic carbocycles. The molecule has 2 rings (SSSR count). The molecule has 0 fully saturated rings. The van der Waals surface area contributed by atoms with Crippen LogP contribution in [0.5, 0.6) is 5.75 Å². The number of hydrogen-bond acceptors (Lipinski definition) is 5. The Balaban J connectivity index is 2.30. The van der Waals surface area contributed by atoms with E-state index in [0.29, 0.717) is 12.3 Å². The van der Waals surface area contributed by atoms with E-state index in [2.05, 4.69) is 22.2 Å². The Hall–Kier alpha value is -2.28. The highest BCUT2D eigenvalue weighted by Gasteiger charge is 2.03. The Morgan fingerprint density at radius 3 is 3.00 bits per heavy atom. The Morgan fingerprint density at radius 2 is 2.23 bits per heavy atom. The average Bonchev–Trinajstić information content (AvgIpc) is 2.52. The molecule has 0 aliphatic rings. The summed E-state index contributed by atoms with van der Waals surface area (Å²) in [5.41, 5.74) is 0.747. The predicted octanol–water partition coefficient (Wildman–Crippen LogP) is 2.67. The number of rotatable bonds is 6. The summed E-state index contributed by atoms with van der Waals surface area (Å²) in [6, 6.07) is 7.53. The number of unbranched alkanes of at least 4 members (excludes halogenated alkanes) is 1. The number of aromatic amines is 1. The van der Waals surface area contributed by atoms with Crippen LogP contribution in [0.3, 0.4) is 0 Å². The Morgan fingerprint density at radius 1 is 1.45 bits per heavy atom. The fraction of sp³-hybridized carbons (Fsp3) is 0.333. The summed E-state index contributed by atoms with van der Waals surface area (Å²) >= 11 is 5.03. The van der Waals surface area contributed by atoms with E-state index in [0.717, 1.165) is 28.8 Å². The lowest BCUT2D eigenvalue weighted by Gasteiger charge is -2.08. The molecule has 1 aromatic heterocycles. The van der Waals surface area contributed by atoms with Crippen molar-refractivity contribution in [3.8, 4) is 5.75 Å². The highest BCUT2D eigenvalue weighted by Crippen LogP contribution is 2.16. The van der Waals surface area contributed by atoms with Gasteiger partial charge in [0.05, 0.1) is 12.8 Å². The maximum absolute atomic E-state index is 12.0. The van der Waals surface area contributed by atoms with Crippen molar-refractivity contribution in [1.82, 2.24) is 14.9 Å². The topological polar surface area (TPSA) is 72.3 Å². The van der Waals surface area contributed by atoms with Gasteiger partial charge in [-0.25, -0.2) is 0 Å². The van der Waals surface area contributed by atoms with Crippen molar-refractivity contribution < 1.29 is 4.74 Å². The van der Waals surface area contributed by atoms with Gasteiger partial charge in [-0.2, -0.15) is 14.9 Å². The lowest BCUT2D eigenvalue weighted by Crippen LogP contribution is -2.22. The van der Waals surface area contributed by atoms with Crippen molar-refractivity contribution in [2.24, 2.45) is 5.10 Å². The summed E-state index contributed by atoms with van der Waals surface area (Å²) in [5, 5.41) is 10.5. The van der Waals surface area contributed by atoms with Crippen LogP contribution in [0, 0.1) is 11.7 Å². The van der Waals surface area contributed by atoms with Gasteiger partial charge in [-0.05, 0) is 37.7 Å². The summed E-state index contributed by atoms with van der Waals surface area (Å²) < 4.78 is 6.99. The van der Waals surface area contributed by atoms with E-state index in [-0.39, 0.29) is 10.3 Å². The molecule has 0 radical (unpaired) electrons. The van der Waals surface area contributed by atoms with Crippen LogP contribution in [0.25, 0.3) is 0 Å². The van der Waals surface area contributed by atoms with Gasteiger partial charge in [-0.3, -0.25) is 9.89 Å². The second kappa shape index (κ2) is 7.65. The summed E-state index contributed by atoms with van der Waals surface area (Å²) in [6.07, 6.45) is 3.61. The highest BCUT2D eigenvalue weighted by molar-refractivity contribution is 7.71. The second-order valence-electron chi connectivity index (χ2n) is 4.72. The van der Waals surface area contributed by atoms with Crippen molar-refractivity contribution in [3.05, 3.63) is 50.6 Å². The van der Waals surface area contributed by atoms with E-state index < -0.39 is 0 Å². The molecule has 6 nitrogen and oxygen atoms in total. The quantitative estimate of drug-likeness (QED) is 0.505. The first-order chi connectivity index (χ1) is 10.6. The minimum absolute atomic E-state index is 0.149. The third-order valence-corrected chi connectivity index (χ3v) is 3.26. The Bertz CT molecular complexity index is 780. The third-order valence-electron chi connectivity index (χ3n) is 3.00. The number of benzene rings is 1. The zero-order valence-electron chi connectivity index (χ0n) is 12.6. The molecule has 1 heterocycles. The first-order valence-electron chi connectivity index (χ1n) is 7.08. The number of hydrogen-bond donors (Lipinski definition) is 1. The van der Waals surface area contributed by atoms with Gasteiger partial charge in [0.25, 0.3) is 5.56 Å². The second-order valence-corrected chi connectivity index (χ2v) is 5.10. The SMILES string of the molecule is CCCCOc1ccccc1/C=N/n1c(=S)[nH]nc(C)c1=O. The maximum atomic E-state index is 12.0. The molecule has 0 saturated heterocycles. The molecular formula is C15H18N4O2S. The molecule has 2 aromatic rings. The molecule has 1 N–H and O–H groups in total. The predicted molar refractivity (Wildman–Crippen MR) is 88.3 cm³/mol. The average molecular weight is 318 g/mol. The highest BCUT2D eigenvalue weighted by atomic mass is 32.1. The molecule has 22 heavy (non-hydrogen) atoms. The van der Waals surface area contributed by atoms with E-state index in [4.69, 9.17) is 17.0 Å². The molecule has 116 valence electrons. The third kappa shape index (κ3) is 3.88. The summed E-state index contributed by atoms with van der Waals surface area (Å²) in [5.74, 6) is 0.730. The van der Waals surface area contributed by atoms with Crippen molar-refractivity contribution in [2.45, 2.75) is 26.7 Å². The normalized spacial score (nSPS) is 11.0. The number of nitrogens with one attached hydrogen (secondary N) is 1. The van der Waals surface area contributed by atoms with Crippen LogP contribution >= 0.6 is 12.2 Å². The van der Waals surface area contributed by atoms with Gasteiger partial charge in [-0.1, -0.05) is 25.5 Å². The zero-order chi connectivity index (χ0) is 15.9. The van der Waals surface area contributed by atoms with E-state index in [1.165, 1.54) is 0 Å². The number of nitrogens with zero attached hydrogens (tertiary/aromatic N) is 3. The summed E-state index contributed by atoms with van der Waals surface area (Å²) in [4.78, 5) is 12.0. The van der Waals surface area contributed by atoms with Crippen LogP contribution in [-0.4, -0.2) is 27.7 Å². The van der Waals surface area contributed by atoms with Crippen molar-refractivity contribution in [1.29, 1.82) is 0 Å². The molecule has 0 saturated carbocycles. The fourth-order valence-corrected chi connectivity index (χ4v) is 1.92. The van der Waals surface area contributed by atoms with Crippen LogP contribution in [-0.2, 0) is 0 Å². The van der Waals surface area contributed by atoms with Gasteiger partial charge in [-0.15, -0.1) is 0 Å². The summed E-state index contributed by atoms with van der Waals surface area (Å²) in [6.45, 7) is 4.35. The van der Waals surface area contributed by atoms with Crippen molar-refractivity contribution >= 4 is 18.4 Å². The largest absolute Gasteiger partial charge is 0.493 e. The van der Waals surface area contributed by atoms with Crippen LogP contribution in [0.2, 0.25) is 0 Å².